The lowest BCUT2D eigenvalue weighted by molar-refractivity contribution is -0.137. The number of halogens is 4. The van der Waals surface area contributed by atoms with Gasteiger partial charge in [0.1, 0.15) is 0 Å². The third-order valence-electron chi connectivity index (χ3n) is 3.88. The zero-order chi connectivity index (χ0) is 15.5. The number of hydrogen-bond acceptors (Lipinski definition) is 2. The molecule has 22 heavy (non-hydrogen) atoms. The van der Waals surface area contributed by atoms with Gasteiger partial charge in [-0.2, -0.15) is 13.2 Å². The summed E-state index contributed by atoms with van der Waals surface area (Å²) < 4.78 is 37.4. The molecule has 2 rings (SSSR count). The van der Waals surface area contributed by atoms with Crippen LogP contribution in [0.4, 0.5) is 13.2 Å². The number of amides is 1. The van der Waals surface area contributed by atoms with Gasteiger partial charge in [-0.15, -0.1) is 12.4 Å². The summed E-state index contributed by atoms with van der Waals surface area (Å²) in [5.41, 5.74) is -0.464. The Morgan fingerprint density at radius 3 is 2.45 bits per heavy atom. The highest BCUT2D eigenvalue weighted by Gasteiger charge is 2.34. The van der Waals surface area contributed by atoms with Crippen molar-refractivity contribution in [2.45, 2.75) is 32.5 Å². The molecule has 0 bridgehead atoms. The molecule has 7 heteroatoms. The van der Waals surface area contributed by atoms with E-state index in [4.69, 9.17) is 0 Å². The van der Waals surface area contributed by atoms with E-state index in [9.17, 15) is 18.0 Å². The summed E-state index contributed by atoms with van der Waals surface area (Å²) >= 11 is 0. The van der Waals surface area contributed by atoms with E-state index in [1.54, 1.807) is 0 Å². The van der Waals surface area contributed by atoms with Crippen LogP contribution in [-0.4, -0.2) is 19.0 Å². The zero-order valence-electron chi connectivity index (χ0n) is 12.3. The first-order chi connectivity index (χ1) is 9.81. The normalized spacial score (nSPS) is 21.8. The van der Waals surface area contributed by atoms with E-state index < -0.39 is 17.2 Å². The standard InChI is InChI=1S/C15H19F3N2O.ClH/c1-14(7-2-8-19-10-14)13(21)20-9-11-3-5-12(6-4-11)15(16,17)18;/h3-6,19H,2,7-10H2,1H3,(H,20,21);1H. The number of rotatable bonds is 3. The lowest BCUT2D eigenvalue weighted by Crippen LogP contribution is -2.48. The van der Waals surface area contributed by atoms with Crippen molar-refractivity contribution in [1.82, 2.24) is 10.6 Å². The minimum atomic E-state index is -4.33. The van der Waals surface area contributed by atoms with Gasteiger partial charge in [-0.3, -0.25) is 4.79 Å². The molecule has 1 fully saturated rings. The molecule has 1 aromatic carbocycles. The van der Waals surface area contributed by atoms with Crippen molar-refractivity contribution >= 4 is 18.3 Å². The van der Waals surface area contributed by atoms with Gasteiger partial charge in [-0.25, -0.2) is 0 Å². The van der Waals surface area contributed by atoms with Crippen LogP contribution in [0.5, 0.6) is 0 Å². The number of alkyl halides is 3. The fourth-order valence-corrected chi connectivity index (χ4v) is 2.46. The van der Waals surface area contributed by atoms with Crippen LogP contribution in [0.25, 0.3) is 0 Å². The van der Waals surface area contributed by atoms with Crippen LogP contribution in [0.15, 0.2) is 24.3 Å². The Labute approximate surface area is 134 Å². The van der Waals surface area contributed by atoms with Crippen LogP contribution in [0.1, 0.15) is 30.9 Å². The van der Waals surface area contributed by atoms with Gasteiger partial charge in [0, 0.05) is 13.1 Å². The molecule has 0 aromatic heterocycles. The largest absolute Gasteiger partial charge is 0.416 e. The van der Waals surface area contributed by atoms with Crippen LogP contribution in [0.2, 0.25) is 0 Å². The maximum Gasteiger partial charge on any atom is 0.416 e. The fraction of sp³-hybridized carbons (Fsp3) is 0.533. The Hall–Kier alpha value is -1.27. The molecule has 1 aliphatic heterocycles. The average molecular weight is 337 g/mol. The molecule has 1 atom stereocenters. The Morgan fingerprint density at radius 1 is 1.32 bits per heavy atom. The Kier molecular flexibility index (Phi) is 6.26. The first-order valence-corrected chi connectivity index (χ1v) is 6.96. The SMILES string of the molecule is CC1(C(=O)NCc2ccc(C(F)(F)F)cc2)CCCNC1.Cl. The molecule has 0 spiro atoms. The van der Waals surface area contributed by atoms with Gasteiger partial charge in [0.05, 0.1) is 11.0 Å². The van der Waals surface area contributed by atoms with Crippen molar-refractivity contribution in [2.75, 3.05) is 13.1 Å². The number of nitrogens with one attached hydrogen (secondary N) is 2. The van der Waals surface area contributed by atoms with E-state index >= 15 is 0 Å². The molecule has 1 saturated heterocycles. The molecule has 1 aromatic rings. The van der Waals surface area contributed by atoms with Gasteiger partial charge >= 0.3 is 6.18 Å². The molecule has 1 aliphatic rings. The molecule has 1 unspecified atom stereocenters. The first-order valence-electron chi connectivity index (χ1n) is 6.96. The van der Waals surface area contributed by atoms with E-state index in [2.05, 4.69) is 10.6 Å². The molecular weight excluding hydrogens is 317 g/mol. The first kappa shape index (κ1) is 18.8. The quantitative estimate of drug-likeness (QED) is 0.890. The van der Waals surface area contributed by atoms with Crippen molar-refractivity contribution in [2.24, 2.45) is 5.41 Å². The van der Waals surface area contributed by atoms with Crippen molar-refractivity contribution in [3.05, 3.63) is 35.4 Å². The van der Waals surface area contributed by atoms with Crippen molar-refractivity contribution in [1.29, 1.82) is 0 Å². The number of benzene rings is 1. The molecule has 0 saturated carbocycles. The van der Waals surface area contributed by atoms with Crippen LogP contribution >= 0.6 is 12.4 Å². The van der Waals surface area contributed by atoms with Crippen LogP contribution < -0.4 is 10.6 Å². The highest BCUT2D eigenvalue weighted by Crippen LogP contribution is 2.29. The molecule has 0 radical (unpaired) electrons. The predicted octanol–water partition coefficient (Wildman–Crippen LogP) is 3.13. The number of piperidine rings is 1. The van der Waals surface area contributed by atoms with Gasteiger partial charge < -0.3 is 10.6 Å². The van der Waals surface area contributed by atoms with Crippen molar-refractivity contribution in [3.8, 4) is 0 Å². The van der Waals surface area contributed by atoms with Gasteiger partial charge in [-0.05, 0) is 44.0 Å². The van der Waals surface area contributed by atoms with E-state index in [1.165, 1.54) is 12.1 Å². The minimum Gasteiger partial charge on any atom is -0.352 e. The predicted molar refractivity (Wildman–Crippen MR) is 80.7 cm³/mol. The lowest BCUT2D eigenvalue weighted by Gasteiger charge is -2.32. The summed E-state index contributed by atoms with van der Waals surface area (Å²) in [5, 5.41) is 6.00. The van der Waals surface area contributed by atoms with Crippen LogP contribution in [-0.2, 0) is 17.5 Å². The monoisotopic (exact) mass is 336 g/mol. The maximum atomic E-state index is 12.5. The maximum absolute atomic E-state index is 12.5. The Morgan fingerprint density at radius 2 is 1.95 bits per heavy atom. The molecule has 0 aliphatic carbocycles. The topological polar surface area (TPSA) is 41.1 Å². The zero-order valence-corrected chi connectivity index (χ0v) is 13.1. The Bertz CT molecular complexity index is 497. The molecule has 2 N–H and O–H groups in total. The summed E-state index contributed by atoms with van der Waals surface area (Å²) in [6, 6.07) is 4.85. The second-order valence-corrected chi connectivity index (χ2v) is 5.72. The third-order valence-corrected chi connectivity index (χ3v) is 3.88. The molecule has 1 amide bonds. The highest BCUT2D eigenvalue weighted by molar-refractivity contribution is 5.85. The number of carbonyl (C=O) groups is 1. The van der Waals surface area contributed by atoms with Gasteiger partial charge in [-0.1, -0.05) is 12.1 Å². The van der Waals surface area contributed by atoms with Gasteiger partial charge in [0.25, 0.3) is 0 Å². The average Bonchev–Trinajstić information content (AvgIpc) is 2.45. The minimum absolute atomic E-state index is 0. The molecular formula is C15H20ClF3N2O. The summed E-state index contributed by atoms with van der Waals surface area (Å²) in [5.74, 6) is -0.0606. The van der Waals surface area contributed by atoms with E-state index in [1.807, 2.05) is 6.92 Å². The molecule has 1 heterocycles. The highest BCUT2D eigenvalue weighted by atomic mass is 35.5. The third kappa shape index (κ3) is 4.61. The summed E-state index contributed by atoms with van der Waals surface area (Å²) in [7, 11) is 0. The van der Waals surface area contributed by atoms with E-state index in [0.29, 0.717) is 12.1 Å². The van der Waals surface area contributed by atoms with Crippen molar-refractivity contribution in [3.63, 3.8) is 0 Å². The smallest absolute Gasteiger partial charge is 0.352 e. The Balaban J connectivity index is 0.00000242. The van der Waals surface area contributed by atoms with Gasteiger partial charge in [0.2, 0.25) is 5.91 Å². The van der Waals surface area contributed by atoms with Crippen molar-refractivity contribution < 1.29 is 18.0 Å². The summed E-state index contributed by atoms with van der Waals surface area (Å²) in [4.78, 5) is 12.2. The van der Waals surface area contributed by atoms with Crippen LogP contribution in [0.3, 0.4) is 0 Å². The van der Waals surface area contributed by atoms with Crippen LogP contribution in [0, 0.1) is 5.41 Å². The van der Waals surface area contributed by atoms with Gasteiger partial charge in [0.15, 0.2) is 0 Å². The van der Waals surface area contributed by atoms with E-state index in [-0.39, 0.29) is 24.9 Å². The van der Waals surface area contributed by atoms with E-state index in [0.717, 1.165) is 31.5 Å². The lowest BCUT2D eigenvalue weighted by atomic mass is 9.82. The number of carbonyl (C=O) groups excluding carboxylic acids is 1. The second-order valence-electron chi connectivity index (χ2n) is 5.72. The summed E-state index contributed by atoms with van der Waals surface area (Å²) in [6.07, 6.45) is -2.56. The number of hydrogen-bond donors (Lipinski definition) is 2. The molecule has 124 valence electrons. The second kappa shape index (κ2) is 7.33. The summed E-state index contributed by atoms with van der Waals surface area (Å²) in [6.45, 7) is 3.70. The fourth-order valence-electron chi connectivity index (χ4n) is 2.46. The molecule has 3 nitrogen and oxygen atoms in total.